The second-order valence-electron chi connectivity index (χ2n) is 12.4. The molecule has 3 aromatic carbocycles. The molecule has 2 fully saturated rings. The number of nitrogens with zero attached hydrogens (tertiary/aromatic N) is 3. The minimum Gasteiger partial charge on any atom is -0.369 e. The lowest BCUT2D eigenvalue weighted by Gasteiger charge is -2.36. The second-order valence-corrected chi connectivity index (χ2v) is 12.4. The van der Waals surface area contributed by atoms with Crippen LogP contribution in [-0.4, -0.2) is 66.4 Å². The number of aryl methyl sites for hydroxylation is 1. The molecule has 42 heavy (non-hydrogen) atoms. The highest BCUT2D eigenvalue weighted by Gasteiger charge is 2.21. The molecule has 6 rings (SSSR count). The van der Waals surface area contributed by atoms with E-state index < -0.39 is 0 Å². The molecule has 0 atom stereocenters. The molecule has 0 bridgehead atoms. The molecule has 1 N–H and O–H groups in total. The smallest absolute Gasteiger partial charge is 0.162 e. The van der Waals surface area contributed by atoms with Crippen molar-refractivity contribution in [2.24, 2.45) is 5.92 Å². The van der Waals surface area contributed by atoms with Gasteiger partial charge in [0.15, 0.2) is 5.78 Å². The zero-order valence-electron chi connectivity index (χ0n) is 25.0. The molecular weight excluding hydrogens is 516 g/mol. The Labute approximate surface area is 251 Å². The Bertz CT molecular complexity index is 1400. The van der Waals surface area contributed by atoms with Gasteiger partial charge < -0.3 is 9.88 Å². The summed E-state index contributed by atoms with van der Waals surface area (Å²) in [5.41, 5.74) is 6.19. The van der Waals surface area contributed by atoms with Gasteiger partial charge in [-0.05, 0) is 106 Å². The van der Waals surface area contributed by atoms with Crippen LogP contribution in [0.2, 0.25) is 0 Å². The highest BCUT2D eigenvalue weighted by Crippen LogP contribution is 2.25. The number of rotatable bonds is 12. The lowest BCUT2D eigenvalue weighted by atomic mass is 9.90. The van der Waals surface area contributed by atoms with Crippen LogP contribution in [0.3, 0.4) is 0 Å². The van der Waals surface area contributed by atoms with Gasteiger partial charge in [-0.3, -0.25) is 14.6 Å². The zero-order chi connectivity index (χ0) is 28.6. The van der Waals surface area contributed by atoms with Crippen molar-refractivity contribution in [1.29, 1.82) is 0 Å². The summed E-state index contributed by atoms with van der Waals surface area (Å²) in [6.45, 7) is 8.82. The SMILES string of the molecule is O=C(CCC1CCN(Cc2ccccc2)CC1)c1ccc(N2CCN(CCCCc3c[nH]c4ccccc34)CC2)cc1. The van der Waals surface area contributed by atoms with E-state index in [-0.39, 0.29) is 0 Å². The number of anilines is 1. The lowest BCUT2D eigenvalue weighted by molar-refractivity contribution is 0.0961. The van der Waals surface area contributed by atoms with Gasteiger partial charge in [0.2, 0.25) is 0 Å². The Morgan fingerprint density at radius 1 is 0.762 bits per heavy atom. The average Bonchev–Trinajstić information content (AvgIpc) is 3.46. The van der Waals surface area contributed by atoms with Gasteiger partial charge in [-0.15, -0.1) is 0 Å². The van der Waals surface area contributed by atoms with Gasteiger partial charge in [0.05, 0.1) is 0 Å². The summed E-state index contributed by atoms with van der Waals surface area (Å²) in [6.07, 6.45) is 9.88. The van der Waals surface area contributed by atoms with Crippen LogP contribution in [-0.2, 0) is 13.0 Å². The number of H-pyrrole nitrogens is 1. The Balaban J connectivity index is 0.870. The fourth-order valence-corrected chi connectivity index (χ4v) is 6.83. The Morgan fingerprint density at radius 3 is 2.29 bits per heavy atom. The number of Topliss-reactive ketones (excluding diaryl/α,β-unsaturated/α-hetero) is 1. The number of piperazine rings is 1. The minimum atomic E-state index is 0.297. The Morgan fingerprint density at radius 2 is 1.50 bits per heavy atom. The van der Waals surface area contributed by atoms with E-state index >= 15 is 0 Å². The topological polar surface area (TPSA) is 42.6 Å². The van der Waals surface area contributed by atoms with Crippen molar-refractivity contribution in [3.8, 4) is 0 Å². The summed E-state index contributed by atoms with van der Waals surface area (Å²) in [7, 11) is 0. The molecule has 1 aromatic heterocycles. The molecule has 2 aliphatic heterocycles. The largest absolute Gasteiger partial charge is 0.369 e. The molecule has 2 aliphatic rings. The number of unbranched alkanes of at least 4 members (excludes halogenated alkanes) is 1. The number of fused-ring (bicyclic) bond motifs is 1. The Kier molecular flexibility index (Phi) is 9.68. The molecule has 4 aromatic rings. The van der Waals surface area contributed by atoms with Gasteiger partial charge in [-0.2, -0.15) is 0 Å². The van der Waals surface area contributed by atoms with Gasteiger partial charge in [-0.1, -0.05) is 48.5 Å². The van der Waals surface area contributed by atoms with Crippen LogP contribution in [0.25, 0.3) is 10.9 Å². The standard InChI is InChI=1S/C37H46N4O/c42-37(18-13-30-19-22-40(23-20-30)29-31-8-2-1-3-9-31)32-14-16-34(17-15-32)41-26-24-39(25-27-41)21-7-6-10-33-28-38-36-12-5-4-11-35(33)36/h1-5,8-9,11-12,14-17,28,30,38H,6-7,10,13,18-27,29H2. The van der Waals surface area contributed by atoms with E-state index in [1.807, 2.05) is 0 Å². The van der Waals surface area contributed by atoms with Crippen molar-refractivity contribution < 1.29 is 4.79 Å². The van der Waals surface area contributed by atoms with Gasteiger partial charge in [0, 0.05) is 67.5 Å². The van der Waals surface area contributed by atoms with E-state index in [1.165, 1.54) is 59.9 Å². The number of hydrogen-bond donors (Lipinski definition) is 1. The second kappa shape index (κ2) is 14.2. The summed E-state index contributed by atoms with van der Waals surface area (Å²) in [4.78, 5) is 24.0. The molecule has 0 aliphatic carbocycles. The number of carbonyl (C=O) groups excluding carboxylic acids is 1. The number of ketones is 1. The summed E-state index contributed by atoms with van der Waals surface area (Å²) >= 11 is 0. The predicted octanol–water partition coefficient (Wildman–Crippen LogP) is 7.19. The van der Waals surface area contributed by atoms with Crippen LogP contribution in [0.4, 0.5) is 5.69 Å². The van der Waals surface area contributed by atoms with E-state index in [9.17, 15) is 4.79 Å². The maximum atomic E-state index is 13.0. The number of hydrogen-bond acceptors (Lipinski definition) is 4. The van der Waals surface area contributed by atoms with Crippen LogP contribution in [0.1, 0.15) is 60.0 Å². The third-order valence-corrected chi connectivity index (χ3v) is 9.51. The van der Waals surface area contributed by atoms with Gasteiger partial charge in [0.25, 0.3) is 0 Å². The van der Waals surface area contributed by atoms with Crippen LogP contribution in [0.5, 0.6) is 0 Å². The quantitative estimate of drug-likeness (QED) is 0.147. The molecule has 220 valence electrons. The van der Waals surface area contributed by atoms with Crippen molar-refractivity contribution in [1.82, 2.24) is 14.8 Å². The number of likely N-dealkylation sites (tertiary alicyclic amines) is 1. The fourth-order valence-electron chi connectivity index (χ4n) is 6.83. The molecule has 0 amide bonds. The summed E-state index contributed by atoms with van der Waals surface area (Å²) in [6, 6.07) is 27.8. The van der Waals surface area contributed by atoms with Crippen molar-refractivity contribution in [2.45, 2.75) is 51.5 Å². The maximum Gasteiger partial charge on any atom is 0.162 e. The lowest BCUT2D eigenvalue weighted by Crippen LogP contribution is -2.46. The number of piperidine rings is 1. The summed E-state index contributed by atoms with van der Waals surface area (Å²) < 4.78 is 0. The van der Waals surface area contributed by atoms with Crippen molar-refractivity contribution in [3.63, 3.8) is 0 Å². The first kappa shape index (κ1) is 28.7. The number of para-hydroxylation sites is 1. The minimum absolute atomic E-state index is 0.297. The Hall–Kier alpha value is -3.41. The van der Waals surface area contributed by atoms with Crippen molar-refractivity contribution in [2.75, 3.05) is 50.7 Å². The van der Waals surface area contributed by atoms with Crippen LogP contribution < -0.4 is 4.90 Å². The maximum absolute atomic E-state index is 13.0. The number of aromatic nitrogens is 1. The average molecular weight is 563 g/mol. The molecule has 5 heteroatoms. The monoisotopic (exact) mass is 562 g/mol. The van der Waals surface area contributed by atoms with Gasteiger partial charge in [0.1, 0.15) is 0 Å². The van der Waals surface area contributed by atoms with E-state index in [1.54, 1.807) is 0 Å². The highest BCUT2D eigenvalue weighted by molar-refractivity contribution is 5.96. The molecule has 0 radical (unpaired) electrons. The normalized spacial score (nSPS) is 17.2. The van der Waals surface area contributed by atoms with Crippen LogP contribution in [0, 0.1) is 5.92 Å². The van der Waals surface area contributed by atoms with Gasteiger partial charge in [-0.25, -0.2) is 0 Å². The predicted molar refractivity (Wildman–Crippen MR) is 174 cm³/mol. The van der Waals surface area contributed by atoms with Gasteiger partial charge >= 0.3 is 0 Å². The first-order valence-corrected chi connectivity index (χ1v) is 16.1. The molecule has 0 unspecified atom stereocenters. The van der Waals surface area contributed by atoms with Crippen LogP contribution >= 0.6 is 0 Å². The highest BCUT2D eigenvalue weighted by atomic mass is 16.1. The van der Waals surface area contributed by atoms with E-state index in [4.69, 9.17) is 0 Å². The molecular formula is C37H46N4O. The summed E-state index contributed by atoms with van der Waals surface area (Å²) in [5, 5.41) is 1.37. The third kappa shape index (κ3) is 7.50. The molecule has 2 saturated heterocycles. The molecule has 3 heterocycles. The molecule has 5 nitrogen and oxygen atoms in total. The molecule has 0 saturated carbocycles. The number of nitrogens with one attached hydrogen (secondary N) is 1. The fraction of sp³-hybridized carbons (Fsp3) is 0.432. The number of aromatic amines is 1. The van der Waals surface area contributed by atoms with Crippen molar-refractivity contribution >= 4 is 22.4 Å². The summed E-state index contributed by atoms with van der Waals surface area (Å²) in [5.74, 6) is 0.968. The molecule has 0 spiro atoms. The van der Waals surface area contributed by atoms with E-state index in [0.717, 1.165) is 64.2 Å². The number of benzene rings is 3. The first-order chi connectivity index (χ1) is 20.7. The van der Waals surface area contributed by atoms with Crippen LogP contribution in [0.15, 0.2) is 85.1 Å². The van der Waals surface area contributed by atoms with E-state index in [2.05, 4.69) is 105 Å². The third-order valence-electron chi connectivity index (χ3n) is 9.51. The van der Waals surface area contributed by atoms with E-state index in [0.29, 0.717) is 18.1 Å². The van der Waals surface area contributed by atoms with Crippen molar-refractivity contribution in [3.05, 3.63) is 102 Å². The number of carbonyl (C=O) groups is 1. The zero-order valence-corrected chi connectivity index (χ0v) is 25.0. The first-order valence-electron chi connectivity index (χ1n) is 16.1.